The minimum atomic E-state index is -0.278. The van der Waals surface area contributed by atoms with Crippen molar-refractivity contribution >= 4 is 69.2 Å². The largest absolute Gasteiger partial charge is 0.324 e. The number of hydrogen-bond acceptors (Lipinski definition) is 3. The number of aromatic nitrogens is 1. The zero-order valence-corrected chi connectivity index (χ0v) is 13.4. The van der Waals surface area contributed by atoms with Gasteiger partial charge in [-0.3, -0.25) is 3.97 Å². The van der Waals surface area contributed by atoms with E-state index in [-0.39, 0.29) is 5.82 Å². The standard InChI is InChI=1S/C9H6BrFINOS2/c1-4-2-6(11)9-5(8(4)10)3-7(15-14)13(9)16-12/h2-3,14H,1H3. The van der Waals surface area contributed by atoms with Gasteiger partial charge in [0.15, 0.2) is 0 Å². The molecule has 2 nitrogen and oxygen atoms in total. The van der Waals surface area contributed by atoms with E-state index < -0.39 is 0 Å². The molecule has 1 N–H and O–H groups in total. The minimum absolute atomic E-state index is 0.278. The first kappa shape index (κ1) is 13.0. The van der Waals surface area contributed by atoms with Crippen molar-refractivity contribution in [3.8, 4) is 0 Å². The molecular weight excluding hydrogens is 428 g/mol. The van der Waals surface area contributed by atoms with Crippen LogP contribution in [0.25, 0.3) is 10.9 Å². The first-order chi connectivity index (χ1) is 7.60. The Morgan fingerprint density at radius 2 is 2.19 bits per heavy atom. The van der Waals surface area contributed by atoms with Crippen LogP contribution < -0.4 is 0 Å². The maximum atomic E-state index is 13.9. The van der Waals surface area contributed by atoms with E-state index in [1.165, 1.54) is 15.2 Å². The molecule has 0 aliphatic rings. The molecular formula is C9H6BrFINOS2. The molecule has 0 aliphatic heterocycles. The molecule has 0 saturated carbocycles. The average Bonchev–Trinajstić information content (AvgIpc) is 2.64. The van der Waals surface area contributed by atoms with Crippen LogP contribution in [0.1, 0.15) is 5.56 Å². The van der Waals surface area contributed by atoms with Gasteiger partial charge in [-0.2, -0.15) is 0 Å². The molecule has 1 aromatic carbocycles. The number of halogens is 3. The summed E-state index contributed by atoms with van der Waals surface area (Å²) in [5.41, 5.74) is 1.34. The summed E-state index contributed by atoms with van der Waals surface area (Å²) >= 11 is 6.11. The lowest BCUT2D eigenvalue weighted by molar-refractivity contribution is 0.633. The SMILES string of the molecule is Cc1cc(F)c2c(cc(SO)n2SI)c1Br. The van der Waals surface area contributed by atoms with Crippen molar-refractivity contribution in [2.45, 2.75) is 11.9 Å². The van der Waals surface area contributed by atoms with Gasteiger partial charge in [0.05, 0.1) is 5.52 Å². The maximum Gasteiger partial charge on any atom is 0.148 e. The van der Waals surface area contributed by atoms with Gasteiger partial charge >= 0.3 is 0 Å². The summed E-state index contributed by atoms with van der Waals surface area (Å²) in [4.78, 5) is 0. The lowest BCUT2D eigenvalue weighted by atomic mass is 10.2. The first-order valence-electron chi connectivity index (χ1n) is 4.20. The molecule has 86 valence electrons. The lowest BCUT2D eigenvalue weighted by Gasteiger charge is -2.05. The van der Waals surface area contributed by atoms with Gasteiger partial charge in [0.25, 0.3) is 0 Å². The van der Waals surface area contributed by atoms with E-state index >= 15 is 0 Å². The molecule has 0 amide bonds. The van der Waals surface area contributed by atoms with Crippen LogP contribution in [0.3, 0.4) is 0 Å². The Hall–Kier alpha value is 0.560. The summed E-state index contributed by atoms with van der Waals surface area (Å²) in [5, 5.41) is 1.39. The second kappa shape index (κ2) is 5.05. The van der Waals surface area contributed by atoms with Gasteiger partial charge in [0.2, 0.25) is 0 Å². The monoisotopic (exact) mass is 433 g/mol. The van der Waals surface area contributed by atoms with E-state index in [4.69, 9.17) is 4.55 Å². The molecule has 0 aliphatic carbocycles. The highest BCUT2D eigenvalue weighted by Crippen LogP contribution is 2.38. The van der Waals surface area contributed by atoms with Gasteiger partial charge in [-0.1, -0.05) is 0 Å². The van der Waals surface area contributed by atoms with E-state index in [0.29, 0.717) is 22.6 Å². The third-order valence-electron chi connectivity index (χ3n) is 2.24. The molecule has 2 rings (SSSR count). The highest BCUT2D eigenvalue weighted by Gasteiger charge is 2.16. The quantitative estimate of drug-likeness (QED) is 0.516. The number of benzene rings is 1. The van der Waals surface area contributed by atoms with E-state index in [1.54, 1.807) is 10.0 Å². The molecule has 2 aromatic rings. The van der Waals surface area contributed by atoms with Crippen LogP contribution in [0, 0.1) is 12.7 Å². The molecule has 0 atom stereocenters. The Labute approximate surface area is 121 Å². The van der Waals surface area contributed by atoms with Gasteiger partial charge in [-0.25, -0.2) is 4.39 Å². The van der Waals surface area contributed by atoms with Crippen molar-refractivity contribution in [2.75, 3.05) is 0 Å². The number of aryl methyl sites for hydroxylation is 1. The molecule has 0 fully saturated rings. The first-order valence-corrected chi connectivity index (χ1v) is 9.09. The van der Waals surface area contributed by atoms with Gasteiger partial charge in [-0.05, 0) is 40.5 Å². The van der Waals surface area contributed by atoms with E-state index in [2.05, 4.69) is 37.1 Å². The Morgan fingerprint density at radius 3 is 2.75 bits per heavy atom. The van der Waals surface area contributed by atoms with Gasteiger partial charge in [0.1, 0.15) is 10.8 Å². The summed E-state index contributed by atoms with van der Waals surface area (Å²) in [6, 6.07) is 3.26. The van der Waals surface area contributed by atoms with Crippen LogP contribution in [0.5, 0.6) is 0 Å². The van der Waals surface area contributed by atoms with Crippen molar-refractivity contribution in [3.63, 3.8) is 0 Å². The molecule has 0 radical (unpaired) electrons. The molecule has 0 spiro atoms. The van der Waals surface area contributed by atoms with E-state index in [1.807, 2.05) is 6.92 Å². The van der Waals surface area contributed by atoms with Crippen molar-refractivity contribution < 1.29 is 8.94 Å². The molecule has 7 heteroatoms. The molecule has 0 unspecified atom stereocenters. The highest BCUT2D eigenvalue weighted by atomic mass is 127. The minimum Gasteiger partial charge on any atom is -0.324 e. The Bertz CT molecular complexity index is 560. The second-order valence-electron chi connectivity index (χ2n) is 3.19. The number of fused-ring (bicyclic) bond motifs is 1. The van der Waals surface area contributed by atoms with Crippen molar-refractivity contribution in [3.05, 3.63) is 28.0 Å². The highest BCUT2D eigenvalue weighted by molar-refractivity contribution is 14.2. The van der Waals surface area contributed by atoms with E-state index in [0.717, 1.165) is 15.4 Å². The summed E-state index contributed by atoms with van der Waals surface area (Å²) < 4.78 is 25.5. The van der Waals surface area contributed by atoms with Crippen LogP contribution in [-0.4, -0.2) is 8.53 Å². The Kier molecular flexibility index (Phi) is 4.10. The average molecular weight is 434 g/mol. The zero-order valence-electron chi connectivity index (χ0n) is 8.00. The van der Waals surface area contributed by atoms with Crippen LogP contribution in [0.15, 0.2) is 21.6 Å². The Morgan fingerprint density at radius 1 is 1.50 bits per heavy atom. The molecule has 1 aromatic heterocycles. The van der Waals surface area contributed by atoms with E-state index in [9.17, 15) is 4.39 Å². The Balaban J connectivity index is 2.91. The maximum absolute atomic E-state index is 13.9. The molecule has 0 bridgehead atoms. The normalized spacial score (nSPS) is 11.3. The third-order valence-corrected chi connectivity index (χ3v) is 5.60. The van der Waals surface area contributed by atoms with Crippen LogP contribution in [-0.2, 0) is 0 Å². The molecule has 1 heterocycles. The third kappa shape index (κ3) is 2.00. The zero-order chi connectivity index (χ0) is 11.9. The van der Waals surface area contributed by atoms with Gasteiger partial charge in [0, 0.05) is 52.2 Å². The van der Waals surface area contributed by atoms with Crippen LogP contribution in [0.2, 0.25) is 0 Å². The lowest BCUT2D eigenvalue weighted by Crippen LogP contribution is -1.89. The summed E-state index contributed by atoms with van der Waals surface area (Å²) in [5.74, 6) is -0.278. The summed E-state index contributed by atoms with van der Waals surface area (Å²) in [6.07, 6.45) is 0. The number of hydrogen-bond donors (Lipinski definition) is 1. The van der Waals surface area contributed by atoms with Crippen molar-refractivity contribution in [1.29, 1.82) is 0 Å². The van der Waals surface area contributed by atoms with Crippen molar-refractivity contribution in [2.24, 2.45) is 0 Å². The summed E-state index contributed by atoms with van der Waals surface area (Å²) in [6.45, 7) is 1.84. The fourth-order valence-electron chi connectivity index (χ4n) is 1.53. The number of rotatable bonds is 2. The smallest absolute Gasteiger partial charge is 0.148 e. The van der Waals surface area contributed by atoms with Gasteiger partial charge < -0.3 is 4.55 Å². The van der Waals surface area contributed by atoms with Crippen LogP contribution in [0.4, 0.5) is 4.39 Å². The predicted octanol–water partition coefficient (Wildman–Crippen LogP) is 5.26. The summed E-state index contributed by atoms with van der Waals surface area (Å²) in [7, 11) is 1.33. The fourth-order valence-corrected chi connectivity index (χ4v) is 4.50. The topological polar surface area (TPSA) is 25.2 Å². The van der Waals surface area contributed by atoms with Crippen LogP contribution >= 0.6 is 58.3 Å². The predicted molar refractivity (Wildman–Crippen MR) is 79.8 cm³/mol. The van der Waals surface area contributed by atoms with Gasteiger partial charge in [-0.15, -0.1) is 0 Å². The van der Waals surface area contributed by atoms with Crippen molar-refractivity contribution in [1.82, 2.24) is 3.97 Å². The number of nitrogens with zero attached hydrogens (tertiary/aromatic N) is 1. The fraction of sp³-hybridized carbons (Fsp3) is 0.111. The second-order valence-corrected chi connectivity index (χ2v) is 6.27. The molecule has 0 saturated heterocycles. The molecule has 16 heavy (non-hydrogen) atoms.